The van der Waals surface area contributed by atoms with E-state index >= 15 is 0 Å². The van der Waals surface area contributed by atoms with Crippen LogP contribution in [0.15, 0.2) is 71.4 Å². The van der Waals surface area contributed by atoms with Gasteiger partial charge in [0.1, 0.15) is 0 Å². The molecule has 0 aliphatic heterocycles. The summed E-state index contributed by atoms with van der Waals surface area (Å²) in [5.41, 5.74) is 4.47. The zero-order valence-electron chi connectivity index (χ0n) is 14.8. The standard InChI is InChI=1S/C21H15N5OS/c27-21-20-16(14-5-9-22-10-6-14)13-28-19(20)12-24-26(21)11-7-15-3-4-17-18(25-15)2-1-8-23-17/h1-6,8-10,12-13H,7,11H2. The molecule has 0 unspecified atom stereocenters. The van der Waals surface area contributed by atoms with Crippen LogP contribution in [0.2, 0.25) is 0 Å². The molecule has 0 aromatic carbocycles. The fourth-order valence-corrected chi connectivity index (χ4v) is 4.18. The van der Waals surface area contributed by atoms with Crippen molar-refractivity contribution in [1.82, 2.24) is 24.7 Å². The number of thiophene rings is 1. The summed E-state index contributed by atoms with van der Waals surface area (Å²) in [6, 6.07) is 11.5. The maximum Gasteiger partial charge on any atom is 0.276 e. The molecule has 7 heteroatoms. The number of pyridine rings is 3. The lowest BCUT2D eigenvalue weighted by atomic mass is 10.1. The van der Waals surface area contributed by atoms with E-state index in [4.69, 9.17) is 0 Å². The van der Waals surface area contributed by atoms with Crippen LogP contribution in [0.3, 0.4) is 0 Å². The Morgan fingerprint density at radius 2 is 1.89 bits per heavy atom. The van der Waals surface area contributed by atoms with E-state index in [0.717, 1.165) is 32.6 Å². The Balaban J connectivity index is 1.49. The number of nitrogens with zero attached hydrogens (tertiary/aromatic N) is 5. The first-order valence-electron chi connectivity index (χ1n) is 8.88. The summed E-state index contributed by atoms with van der Waals surface area (Å²) in [4.78, 5) is 26.0. The molecule has 5 heterocycles. The maximum absolute atomic E-state index is 13.1. The van der Waals surface area contributed by atoms with Crippen molar-refractivity contribution in [3.05, 3.63) is 82.6 Å². The third-order valence-corrected chi connectivity index (χ3v) is 5.58. The minimum atomic E-state index is -0.0759. The molecule has 0 amide bonds. The molecule has 0 fully saturated rings. The highest BCUT2D eigenvalue weighted by molar-refractivity contribution is 7.17. The van der Waals surface area contributed by atoms with Gasteiger partial charge in [-0.1, -0.05) is 0 Å². The van der Waals surface area contributed by atoms with Gasteiger partial charge in [0.05, 0.1) is 33.9 Å². The minimum Gasteiger partial charge on any atom is -0.267 e. The lowest BCUT2D eigenvalue weighted by molar-refractivity contribution is 0.580. The second kappa shape index (κ2) is 6.94. The number of rotatable bonds is 4. The molecule has 5 rings (SSSR count). The smallest absolute Gasteiger partial charge is 0.267 e. The number of hydrogen-bond acceptors (Lipinski definition) is 6. The third-order valence-electron chi connectivity index (χ3n) is 4.67. The van der Waals surface area contributed by atoms with Crippen LogP contribution in [0.1, 0.15) is 5.69 Å². The highest BCUT2D eigenvalue weighted by Crippen LogP contribution is 2.30. The van der Waals surface area contributed by atoms with Gasteiger partial charge >= 0.3 is 0 Å². The highest BCUT2D eigenvalue weighted by atomic mass is 32.1. The van der Waals surface area contributed by atoms with Gasteiger partial charge in [0.15, 0.2) is 0 Å². The maximum atomic E-state index is 13.1. The van der Waals surface area contributed by atoms with Gasteiger partial charge < -0.3 is 0 Å². The fraction of sp³-hybridized carbons (Fsp3) is 0.0952. The topological polar surface area (TPSA) is 73.6 Å². The average Bonchev–Trinajstić information content (AvgIpc) is 3.19. The molecular formula is C21H15N5OS. The average molecular weight is 385 g/mol. The molecule has 5 aromatic heterocycles. The van der Waals surface area contributed by atoms with Crippen molar-refractivity contribution in [2.45, 2.75) is 13.0 Å². The van der Waals surface area contributed by atoms with E-state index in [2.05, 4.69) is 20.1 Å². The molecule has 136 valence electrons. The quantitative estimate of drug-likeness (QED) is 0.472. The van der Waals surface area contributed by atoms with Crippen LogP contribution in [0.5, 0.6) is 0 Å². The molecule has 0 radical (unpaired) electrons. The van der Waals surface area contributed by atoms with E-state index in [9.17, 15) is 4.79 Å². The molecule has 28 heavy (non-hydrogen) atoms. The molecule has 0 atom stereocenters. The molecule has 0 bridgehead atoms. The zero-order valence-corrected chi connectivity index (χ0v) is 15.6. The number of aryl methyl sites for hydroxylation is 2. The molecule has 0 aliphatic rings. The van der Waals surface area contributed by atoms with Gasteiger partial charge in [-0.25, -0.2) is 4.68 Å². The van der Waals surface area contributed by atoms with Crippen LogP contribution < -0.4 is 5.56 Å². The summed E-state index contributed by atoms with van der Waals surface area (Å²) in [7, 11) is 0. The first-order valence-corrected chi connectivity index (χ1v) is 9.76. The van der Waals surface area contributed by atoms with Gasteiger partial charge in [-0.15, -0.1) is 11.3 Å². The molecule has 0 N–H and O–H groups in total. The summed E-state index contributed by atoms with van der Waals surface area (Å²) in [5.74, 6) is 0. The number of fused-ring (bicyclic) bond motifs is 2. The Morgan fingerprint density at radius 3 is 2.79 bits per heavy atom. The zero-order chi connectivity index (χ0) is 18.9. The largest absolute Gasteiger partial charge is 0.276 e. The van der Waals surface area contributed by atoms with Crippen LogP contribution in [0.4, 0.5) is 0 Å². The lowest BCUT2D eigenvalue weighted by Gasteiger charge is -2.06. The van der Waals surface area contributed by atoms with Gasteiger partial charge in [-0.05, 0) is 42.0 Å². The first kappa shape index (κ1) is 16.7. The second-order valence-corrected chi connectivity index (χ2v) is 7.30. The van der Waals surface area contributed by atoms with E-state index < -0.39 is 0 Å². The number of aromatic nitrogens is 5. The summed E-state index contributed by atoms with van der Waals surface area (Å²) >= 11 is 1.53. The van der Waals surface area contributed by atoms with Crippen LogP contribution in [0.25, 0.3) is 32.2 Å². The molecule has 0 saturated heterocycles. The van der Waals surface area contributed by atoms with Crippen molar-refractivity contribution in [2.75, 3.05) is 0 Å². The predicted molar refractivity (Wildman–Crippen MR) is 110 cm³/mol. The van der Waals surface area contributed by atoms with Crippen molar-refractivity contribution in [3.8, 4) is 11.1 Å². The van der Waals surface area contributed by atoms with E-state index in [0.29, 0.717) is 18.4 Å². The molecule has 5 aromatic rings. The van der Waals surface area contributed by atoms with Crippen molar-refractivity contribution < 1.29 is 0 Å². The molecule has 6 nitrogen and oxygen atoms in total. The second-order valence-electron chi connectivity index (χ2n) is 6.39. The van der Waals surface area contributed by atoms with E-state index in [-0.39, 0.29) is 5.56 Å². The summed E-state index contributed by atoms with van der Waals surface area (Å²) in [5, 5.41) is 7.07. The Morgan fingerprint density at radius 1 is 1.00 bits per heavy atom. The van der Waals surface area contributed by atoms with Crippen molar-refractivity contribution in [2.24, 2.45) is 0 Å². The monoisotopic (exact) mass is 385 g/mol. The summed E-state index contributed by atoms with van der Waals surface area (Å²) in [6.07, 6.45) is 7.61. The van der Waals surface area contributed by atoms with Crippen molar-refractivity contribution in [3.63, 3.8) is 0 Å². The van der Waals surface area contributed by atoms with Gasteiger partial charge in [0.2, 0.25) is 0 Å². The molecule has 0 spiro atoms. The Bertz CT molecular complexity index is 1340. The normalized spacial score (nSPS) is 11.3. The van der Waals surface area contributed by atoms with E-state index in [1.54, 1.807) is 24.8 Å². The number of hydrogen-bond donors (Lipinski definition) is 0. The minimum absolute atomic E-state index is 0.0759. The van der Waals surface area contributed by atoms with Gasteiger partial charge in [-0.3, -0.25) is 19.7 Å². The van der Waals surface area contributed by atoms with E-state index in [1.807, 2.05) is 41.8 Å². The third kappa shape index (κ3) is 2.95. The van der Waals surface area contributed by atoms with Crippen LogP contribution in [-0.4, -0.2) is 24.7 Å². The van der Waals surface area contributed by atoms with Crippen molar-refractivity contribution in [1.29, 1.82) is 0 Å². The van der Waals surface area contributed by atoms with Gasteiger partial charge in [0, 0.05) is 41.6 Å². The van der Waals surface area contributed by atoms with Crippen LogP contribution in [-0.2, 0) is 13.0 Å². The molecule has 0 saturated carbocycles. The molecular weight excluding hydrogens is 370 g/mol. The first-order chi connectivity index (χ1) is 13.8. The Hall–Kier alpha value is -3.45. The fourth-order valence-electron chi connectivity index (χ4n) is 3.25. The van der Waals surface area contributed by atoms with Crippen LogP contribution in [0, 0.1) is 0 Å². The SMILES string of the molecule is O=c1c2c(-c3ccncc3)csc2cnn1CCc1ccc2ncccc2n1. The van der Waals surface area contributed by atoms with Gasteiger partial charge in [-0.2, -0.15) is 5.10 Å². The summed E-state index contributed by atoms with van der Waals surface area (Å²) < 4.78 is 2.41. The van der Waals surface area contributed by atoms with Crippen LogP contribution >= 0.6 is 11.3 Å². The van der Waals surface area contributed by atoms with Gasteiger partial charge in [0.25, 0.3) is 5.56 Å². The Kier molecular flexibility index (Phi) is 4.14. The molecule has 0 aliphatic carbocycles. The lowest BCUT2D eigenvalue weighted by Crippen LogP contribution is -2.23. The highest BCUT2D eigenvalue weighted by Gasteiger charge is 2.13. The predicted octanol–water partition coefficient (Wildman–Crippen LogP) is 3.71. The van der Waals surface area contributed by atoms with E-state index in [1.165, 1.54) is 16.0 Å². The summed E-state index contributed by atoms with van der Waals surface area (Å²) in [6.45, 7) is 0.471. The Labute approximate surface area is 164 Å². The van der Waals surface area contributed by atoms with Crippen molar-refractivity contribution >= 4 is 32.5 Å².